The van der Waals surface area contributed by atoms with Gasteiger partial charge in [0, 0.05) is 12.8 Å². The highest BCUT2D eigenvalue weighted by Gasteiger charge is 2.32. The molecule has 0 saturated heterocycles. The van der Waals surface area contributed by atoms with Crippen molar-refractivity contribution in [3.8, 4) is 0 Å². The standard InChI is InChI=1S/C14H20N4O2S/c1-8(19)15-11(9-4-2-3-5-9)12(20)16-14-18-17-13(21-14)10-6-7-10/h9-11H,2-7H2,1H3,(H,15,19)(H,16,18,20). The average Bonchev–Trinajstić information content (AvgIpc) is 2.97. The summed E-state index contributed by atoms with van der Waals surface area (Å²) in [5.74, 6) is 0.424. The molecule has 3 rings (SSSR count). The van der Waals surface area contributed by atoms with E-state index in [1.165, 1.54) is 31.1 Å². The second kappa shape index (κ2) is 6.09. The molecule has 0 radical (unpaired) electrons. The molecule has 0 bridgehead atoms. The van der Waals surface area contributed by atoms with Gasteiger partial charge in [-0.25, -0.2) is 0 Å². The van der Waals surface area contributed by atoms with Crippen molar-refractivity contribution >= 4 is 28.3 Å². The molecule has 1 unspecified atom stereocenters. The summed E-state index contributed by atoms with van der Waals surface area (Å²) in [6.07, 6.45) is 6.55. The lowest BCUT2D eigenvalue weighted by Gasteiger charge is -2.22. The lowest BCUT2D eigenvalue weighted by Crippen LogP contribution is -2.47. The van der Waals surface area contributed by atoms with E-state index in [4.69, 9.17) is 0 Å². The Hall–Kier alpha value is -1.50. The molecule has 0 aromatic carbocycles. The molecular formula is C14H20N4O2S. The summed E-state index contributed by atoms with van der Waals surface area (Å²) in [7, 11) is 0. The van der Waals surface area contributed by atoms with Crippen molar-refractivity contribution in [1.82, 2.24) is 15.5 Å². The zero-order valence-corrected chi connectivity index (χ0v) is 12.9. The Morgan fingerprint density at radius 2 is 1.90 bits per heavy atom. The summed E-state index contributed by atoms with van der Waals surface area (Å²) in [6.45, 7) is 1.45. The maximum Gasteiger partial charge on any atom is 0.249 e. The fourth-order valence-corrected chi connectivity index (χ4v) is 3.79. The highest BCUT2D eigenvalue weighted by Crippen LogP contribution is 2.42. The molecule has 1 atom stereocenters. The molecule has 1 aromatic rings. The highest BCUT2D eigenvalue weighted by atomic mass is 32.1. The van der Waals surface area contributed by atoms with Crippen LogP contribution in [0.1, 0.15) is 56.4 Å². The van der Waals surface area contributed by atoms with Gasteiger partial charge in [-0.1, -0.05) is 24.2 Å². The average molecular weight is 308 g/mol. The van der Waals surface area contributed by atoms with Crippen LogP contribution in [0.2, 0.25) is 0 Å². The largest absolute Gasteiger partial charge is 0.344 e. The maximum absolute atomic E-state index is 12.4. The van der Waals surface area contributed by atoms with E-state index in [1.807, 2.05) is 0 Å². The molecule has 1 heterocycles. The Kier molecular flexibility index (Phi) is 4.19. The van der Waals surface area contributed by atoms with Crippen molar-refractivity contribution in [3.63, 3.8) is 0 Å². The third-order valence-electron chi connectivity index (χ3n) is 4.11. The predicted molar refractivity (Wildman–Crippen MR) is 80.1 cm³/mol. The van der Waals surface area contributed by atoms with Gasteiger partial charge in [0.1, 0.15) is 11.0 Å². The van der Waals surface area contributed by atoms with Crippen LogP contribution in [0, 0.1) is 5.92 Å². The number of nitrogens with zero attached hydrogens (tertiary/aromatic N) is 2. The summed E-state index contributed by atoms with van der Waals surface area (Å²) in [6, 6.07) is -0.460. The highest BCUT2D eigenvalue weighted by molar-refractivity contribution is 7.15. The van der Waals surface area contributed by atoms with Crippen LogP contribution in [0.25, 0.3) is 0 Å². The van der Waals surface area contributed by atoms with Gasteiger partial charge in [0.15, 0.2) is 0 Å². The van der Waals surface area contributed by atoms with E-state index in [-0.39, 0.29) is 17.7 Å². The van der Waals surface area contributed by atoms with E-state index >= 15 is 0 Å². The number of rotatable bonds is 5. The normalized spacial score (nSPS) is 20.2. The second-order valence-electron chi connectivity index (χ2n) is 5.93. The summed E-state index contributed by atoms with van der Waals surface area (Å²) >= 11 is 1.44. The molecule has 0 spiro atoms. The van der Waals surface area contributed by atoms with Crippen molar-refractivity contribution in [3.05, 3.63) is 5.01 Å². The maximum atomic E-state index is 12.4. The number of carbonyl (C=O) groups is 2. The molecule has 2 fully saturated rings. The molecular weight excluding hydrogens is 288 g/mol. The van der Waals surface area contributed by atoms with Gasteiger partial charge in [-0.05, 0) is 31.6 Å². The summed E-state index contributed by atoms with van der Waals surface area (Å²) in [5, 5.41) is 15.3. The van der Waals surface area contributed by atoms with Crippen LogP contribution < -0.4 is 10.6 Å². The van der Waals surface area contributed by atoms with Gasteiger partial charge >= 0.3 is 0 Å². The Labute approximate surface area is 127 Å². The molecule has 0 aliphatic heterocycles. The first-order valence-corrected chi connectivity index (χ1v) is 8.36. The first-order valence-electron chi connectivity index (χ1n) is 7.55. The van der Waals surface area contributed by atoms with Gasteiger partial charge in [-0.15, -0.1) is 10.2 Å². The molecule has 7 heteroatoms. The lowest BCUT2D eigenvalue weighted by atomic mass is 9.97. The van der Waals surface area contributed by atoms with Crippen LogP contribution in [-0.2, 0) is 9.59 Å². The van der Waals surface area contributed by atoms with E-state index in [0.717, 1.165) is 30.7 Å². The molecule has 2 amide bonds. The van der Waals surface area contributed by atoms with Gasteiger partial charge in [0.2, 0.25) is 16.9 Å². The number of hydrogen-bond acceptors (Lipinski definition) is 5. The fourth-order valence-electron chi connectivity index (χ4n) is 2.87. The summed E-state index contributed by atoms with van der Waals surface area (Å²) in [4.78, 5) is 23.8. The van der Waals surface area contributed by atoms with Crippen molar-refractivity contribution in [2.45, 2.75) is 57.4 Å². The van der Waals surface area contributed by atoms with Crippen LogP contribution in [0.4, 0.5) is 5.13 Å². The van der Waals surface area contributed by atoms with E-state index in [9.17, 15) is 9.59 Å². The van der Waals surface area contributed by atoms with Gasteiger partial charge in [0.05, 0.1) is 0 Å². The third kappa shape index (κ3) is 3.58. The van der Waals surface area contributed by atoms with Gasteiger partial charge in [-0.3, -0.25) is 14.9 Å². The van der Waals surface area contributed by atoms with E-state index < -0.39 is 6.04 Å². The van der Waals surface area contributed by atoms with Crippen LogP contribution >= 0.6 is 11.3 Å². The minimum Gasteiger partial charge on any atom is -0.344 e. The number of aromatic nitrogens is 2. The molecule has 2 aliphatic rings. The van der Waals surface area contributed by atoms with Crippen LogP contribution in [0.5, 0.6) is 0 Å². The Bertz CT molecular complexity index is 535. The first-order chi connectivity index (χ1) is 10.1. The quantitative estimate of drug-likeness (QED) is 0.872. The van der Waals surface area contributed by atoms with Gasteiger partial charge < -0.3 is 5.32 Å². The number of hydrogen-bond donors (Lipinski definition) is 2. The molecule has 114 valence electrons. The first kappa shape index (κ1) is 14.4. The topological polar surface area (TPSA) is 84.0 Å². The van der Waals surface area contributed by atoms with E-state index in [1.54, 1.807) is 0 Å². The van der Waals surface area contributed by atoms with Gasteiger partial charge in [0.25, 0.3) is 0 Å². The minimum absolute atomic E-state index is 0.169. The van der Waals surface area contributed by atoms with E-state index in [2.05, 4.69) is 20.8 Å². The molecule has 2 saturated carbocycles. The number of anilines is 1. The minimum atomic E-state index is -0.460. The number of nitrogens with one attached hydrogen (secondary N) is 2. The zero-order chi connectivity index (χ0) is 14.8. The fraction of sp³-hybridized carbons (Fsp3) is 0.714. The zero-order valence-electron chi connectivity index (χ0n) is 12.1. The van der Waals surface area contributed by atoms with Crippen molar-refractivity contribution < 1.29 is 9.59 Å². The van der Waals surface area contributed by atoms with Gasteiger partial charge in [-0.2, -0.15) is 0 Å². The van der Waals surface area contributed by atoms with Crippen LogP contribution in [-0.4, -0.2) is 28.1 Å². The summed E-state index contributed by atoms with van der Waals surface area (Å²) < 4.78 is 0. The Morgan fingerprint density at radius 1 is 1.19 bits per heavy atom. The molecule has 6 nitrogen and oxygen atoms in total. The Balaban J connectivity index is 1.65. The van der Waals surface area contributed by atoms with Crippen LogP contribution in [0.15, 0.2) is 0 Å². The smallest absolute Gasteiger partial charge is 0.249 e. The molecule has 21 heavy (non-hydrogen) atoms. The number of carbonyl (C=O) groups excluding carboxylic acids is 2. The van der Waals surface area contributed by atoms with Crippen molar-refractivity contribution in [2.75, 3.05) is 5.32 Å². The molecule has 2 aliphatic carbocycles. The number of amides is 2. The van der Waals surface area contributed by atoms with Crippen molar-refractivity contribution in [1.29, 1.82) is 0 Å². The van der Waals surface area contributed by atoms with Crippen molar-refractivity contribution in [2.24, 2.45) is 5.92 Å². The summed E-state index contributed by atoms with van der Waals surface area (Å²) in [5.41, 5.74) is 0. The Morgan fingerprint density at radius 3 is 2.52 bits per heavy atom. The third-order valence-corrected chi connectivity index (χ3v) is 5.11. The van der Waals surface area contributed by atoms with Crippen LogP contribution in [0.3, 0.4) is 0 Å². The molecule has 1 aromatic heterocycles. The molecule has 2 N–H and O–H groups in total. The monoisotopic (exact) mass is 308 g/mol. The van der Waals surface area contributed by atoms with E-state index in [0.29, 0.717) is 11.0 Å². The SMILES string of the molecule is CC(=O)NC(C(=O)Nc1nnc(C2CC2)s1)C1CCCC1. The second-order valence-corrected chi connectivity index (χ2v) is 6.94. The lowest BCUT2D eigenvalue weighted by molar-refractivity contribution is -0.126. The predicted octanol–water partition coefficient (Wildman–Crippen LogP) is 2.05.